The summed E-state index contributed by atoms with van der Waals surface area (Å²) in [6, 6.07) is 12.1. The first-order chi connectivity index (χ1) is 12.2. The van der Waals surface area contributed by atoms with Crippen molar-refractivity contribution in [3.05, 3.63) is 63.0 Å². The molecule has 2 heterocycles. The van der Waals surface area contributed by atoms with Gasteiger partial charge in [0.1, 0.15) is 0 Å². The predicted molar refractivity (Wildman–Crippen MR) is 98.4 cm³/mol. The van der Waals surface area contributed by atoms with Gasteiger partial charge in [-0.05, 0) is 23.1 Å². The zero-order chi connectivity index (χ0) is 17.6. The van der Waals surface area contributed by atoms with Gasteiger partial charge in [-0.2, -0.15) is 5.26 Å². The van der Waals surface area contributed by atoms with Crippen LogP contribution in [0.3, 0.4) is 0 Å². The quantitative estimate of drug-likeness (QED) is 0.397. The van der Waals surface area contributed by atoms with E-state index in [1.54, 1.807) is 29.5 Å². The first-order valence-corrected chi connectivity index (χ1v) is 8.81. The van der Waals surface area contributed by atoms with E-state index in [4.69, 9.17) is 0 Å². The van der Waals surface area contributed by atoms with Crippen LogP contribution in [0.4, 0.5) is 10.8 Å². The number of thiophene rings is 1. The van der Waals surface area contributed by atoms with Crippen LogP contribution in [0.5, 0.6) is 0 Å². The highest BCUT2D eigenvalue weighted by atomic mass is 32.1. The summed E-state index contributed by atoms with van der Waals surface area (Å²) in [4.78, 5) is 11.4. The summed E-state index contributed by atoms with van der Waals surface area (Å²) in [6.45, 7) is 0.262. The highest BCUT2D eigenvalue weighted by Crippen LogP contribution is 2.29. The van der Waals surface area contributed by atoms with Gasteiger partial charge in [0.2, 0.25) is 5.13 Å². The van der Waals surface area contributed by atoms with Crippen molar-refractivity contribution < 1.29 is 4.92 Å². The zero-order valence-corrected chi connectivity index (χ0v) is 14.4. The van der Waals surface area contributed by atoms with E-state index in [0.29, 0.717) is 16.3 Å². The monoisotopic (exact) mass is 369 g/mol. The van der Waals surface area contributed by atoms with E-state index in [1.807, 2.05) is 17.5 Å². The lowest BCUT2D eigenvalue weighted by Gasteiger charge is -2.01. The van der Waals surface area contributed by atoms with Gasteiger partial charge in [-0.15, -0.1) is 21.5 Å². The minimum atomic E-state index is -0.463. The van der Waals surface area contributed by atoms with Crippen molar-refractivity contribution in [2.75, 3.05) is 11.9 Å². The fourth-order valence-electron chi connectivity index (χ4n) is 2.02. The molecule has 1 N–H and O–H groups in total. The number of aromatic nitrogens is 2. The lowest BCUT2D eigenvalue weighted by atomic mass is 10.1. The van der Waals surface area contributed by atoms with E-state index >= 15 is 0 Å². The minimum Gasteiger partial charge on any atom is -0.355 e. The number of nitrogens with one attached hydrogen (secondary N) is 1. The van der Waals surface area contributed by atoms with E-state index in [1.165, 1.54) is 23.5 Å². The maximum absolute atomic E-state index is 10.8. The molecule has 0 bridgehead atoms. The third kappa shape index (κ3) is 4.26. The second-order valence-electron chi connectivity index (χ2n) is 4.88. The number of hydrogen-bond donors (Lipinski definition) is 1. The number of rotatable bonds is 6. The van der Waals surface area contributed by atoms with Crippen LogP contribution < -0.4 is 5.32 Å². The molecular formula is C16H11N5O2S2. The van der Waals surface area contributed by atoms with E-state index in [2.05, 4.69) is 21.6 Å². The van der Waals surface area contributed by atoms with Gasteiger partial charge >= 0.3 is 0 Å². The Hall–Kier alpha value is -3.09. The topological polar surface area (TPSA) is 105 Å². The molecule has 3 rings (SSSR count). The first-order valence-electron chi connectivity index (χ1n) is 7.12. The van der Waals surface area contributed by atoms with Gasteiger partial charge in [0.15, 0.2) is 5.01 Å². The van der Waals surface area contributed by atoms with Gasteiger partial charge < -0.3 is 5.32 Å². The lowest BCUT2D eigenvalue weighted by Crippen LogP contribution is -2.03. The number of nitrogens with zero attached hydrogens (tertiary/aromatic N) is 4. The summed E-state index contributed by atoms with van der Waals surface area (Å²) in [7, 11) is 0. The van der Waals surface area contributed by atoms with Crippen LogP contribution >= 0.6 is 22.7 Å². The van der Waals surface area contributed by atoms with Crippen LogP contribution in [0, 0.1) is 21.4 Å². The lowest BCUT2D eigenvalue weighted by molar-refractivity contribution is -0.384. The third-order valence-corrected chi connectivity index (χ3v) is 5.07. The van der Waals surface area contributed by atoms with E-state index in [9.17, 15) is 15.4 Å². The minimum absolute atomic E-state index is 0.0105. The van der Waals surface area contributed by atoms with Crippen LogP contribution in [0.15, 0.2) is 47.4 Å². The van der Waals surface area contributed by atoms with Crippen molar-refractivity contribution in [1.82, 2.24) is 10.2 Å². The molecule has 1 aromatic carbocycles. The standard InChI is InChI=1S/C16H11N5O2S2/c17-9-12(7-11-3-1-4-13(8-11)21(22)23)10-18-16-20-19-15(25-16)14-5-2-6-24-14/h1-8H,10H2,(H,18,20)/b12-7-. The molecule has 0 atom stereocenters. The van der Waals surface area contributed by atoms with Crippen LogP contribution in [-0.4, -0.2) is 21.7 Å². The molecule has 0 saturated heterocycles. The molecule has 0 unspecified atom stereocenters. The molecule has 25 heavy (non-hydrogen) atoms. The maximum Gasteiger partial charge on any atom is 0.270 e. The van der Waals surface area contributed by atoms with Crippen molar-refractivity contribution in [3.63, 3.8) is 0 Å². The van der Waals surface area contributed by atoms with E-state index in [-0.39, 0.29) is 12.2 Å². The summed E-state index contributed by atoms with van der Waals surface area (Å²) in [5.74, 6) is 0. The van der Waals surface area contributed by atoms with Crippen LogP contribution in [0.1, 0.15) is 5.56 Å². The third-order valence-electron chi connectivity index (χ3n) is 3.15. The van der Waals surface area contributed by atoms with Crippen LogP contribution in [0.25, 0.3) is 16.0 Å². The fraction of sp³-hybridized carbons (Fsp3) is 0.0625. The Balaban J connectivity index is 1.70. The first kappa shape index (κ1) is 16.8. The van der Waals surface area contributed by atoms with Crippen LogP contribution in [-0.2, 0) is 0 Å². The number of anilines is 1. The zero-order valence-electron chi connectivity index (χ0n) is 12.7. The average molecular weight is 369 g/mol. The molecule has 0 aliphatic rings. The Kier molecular flexibility index (Phi) is 5.13. The normalized spacial score (nSPS) is 11.1. The number of nitriles is 1. The van der Waals surface area contributed by atoms with Crippen molar-refractivity contribution in [1.29, 1.82) is 5.26 Å². The molecule has 2 aromatic heterocycles. The van der Waals surface area contributed by atoms with Gasteiger partial charge in [0.05, 0.1) is 22.4 Å². The highest BCUT2D eigenvalue weighted by molar-refractivity contribution is 7.22. The Labute approximate surface area is 151 Å². The Morgan fingerprint density at radius 2 is 2.24 bits per heavy atom. The largest absolute Gasteiger partial charge is 0.355 e. The number of nitro benzene ring substituents is 1. The molecule has 0 fully saturated rings. The van der Waals surface area contributed by atoms with Gasteiger partial charge in [0.25, 0.3) is 5.69 Å². The summed E-state index contributed by atoms with van der Waals surface area (Å²) in [5.41, 5.74) is 1.03. The fourth-order valence-corrected chi connectivity index (χ4v) is 3.55. The molecule has 0 spiro atoms. The highest BCUT2D eigenvalue weighted by Gasteiger charge is 2.08. The maximum atomic E-state index is 10.8. The number of nitro groups is 1. The molecule has 0 radical (unpaired) electrons. The Morgan fingerprint density at radius 1 is 1.36 bits per heavy atom. The average Bonchev–Trinajstić information content (AvgIpc) is 3.30. The number of hydrogen-bond acceptors (Lipinski definition) is 8. The summed E-state index contributed by atoms with van der Waals surface area (Å²) < 4.78 is 0. The predicted octanol–water partition coefficient (Wildman–Crippen LogP) is 4.19. The number of non-ortho nitro benzene ring substituents is 1. The molecule has 3 aromatic rings. The van der Waals surface area contributed by atoms with E-state index in [0.717, 1.165) is 9.88 Å². The van der Waals surface area contributed by atoms with Gasteiger partial charge in [0, 0.05) is 17.7 Å². The SMILES string of the molecule is N#C/C(=C/c1cccc([N+](=O)[O-])c1)CNc1nnc(-c2cccs2)s1. The van der Waals surface area contributed by atoms with E-state index < -0.39 is 4.92 Å². The van der Waals surface area contributed by atoms with Gasteiger partial charge in [-0.25, -0.2) is 0 Å². The molecule has 0 aliphatic carbocycles. The summed E-state index contributed by atoms with van der Waals surface area (Å²) >= 11 is 2.99. The smallest absolute Gasteiger partial charge is 0.270 e. The van der Waals surface area contributed by atoms with Crippen molar-refractivity contribution in [3.8, 4) is 16.0 Å². The van der Waals surface area contributed by atoms with Crippen molar-refractivity contribution >= 4 is 39.6 Å². The summed E-state index contributed by atoms with van der Waals surface area (Å²) in [5, 5.41) is 34.7. The molecule has 0 saturated carbocycles. The van der Waals surface area contributed by atoms with Crippen molar-refractivity contribution in [2.45, 2.75) is 0 Å². The Morgan fingerprint density at radius 3 is 2.96 bits per heavy atom. The Bertz CT molecular complexity index is 957. The number of benzene rings is 1. The second-order valence-corrected chi connectivity index (χ2v) is 6.80. The molecule has 0 aliphatic heterocycles. The molecule has 7 nitrogen and oxygen atoms in total. The van der Waals surface area contributed by atoms with Crippen LogP contribution in [0.2, 0.25) is 0 Å². The van der Waals surface area contributed by atoms with Crippen molar-refractivity contribution in [2.24, 2.45) is 0 Å². The molecule has 0 amide bonds. The molecule has 9 heteroatoms. The molecular weight excluding hydrogens is 358 g/mol. The molecule has 124 valence electrons. The summed E-state index contributed by atoms with van der Waals surface area (Å²) in [6.07, 6.45) is 1.61. The van der Waals surface area contributed by atoms with Gasteiger partial charge in [-0.1, -0.05) is 29.5 Å². The second kappa shape index (κ2) is 7.65. The van der Waals surface area contributed by atoms with Gasteiger partial charge in [-0.3, -0.25) is 10.1 Å².